The Morgan fingerprint density at radius 2 is 1.83 bits per heavy atom. The number of fused-ring (bicyclic) bond motifs is 1. The monoisotopic (exact) mass is 405 g/mol. The molecule has 29 heavy (non-hydrogen) atoms. The molecule has 1 heterocycles. The van der Waals surface area contributed by atoms with Crippen LogP contribution in [0, 0.1) is 17.5 Å². The fraction of sp³-hybridized carbons (Fsp3) is 0.0455. The molecule has 1 aromatic heterocycles. The number of hydrogen-bond donors (Lipinski definition) is 2. The summed E-state index contributed by atoms with van der Waals surface area (Å²) in [6.45, 7) is 1.94. The van der Waals surface area contributed by atoms with E-state index in [1.165, 1.54) is 28.8 Å². The summed E-state index contributed by atoms with van der Waals surface area (Å²) in [6.07, 6.45) is 0. The standard InChI is InChI=1S/C22H16FN3O2S/c1-13-3-2-4-16(11-13)24-20(27)14-5-10-18-19(12-14)25-22(29)26(21(18)28)17-8-6-15(23)7-9-17/h2-12H,1H3,(H,24,27)(H,25,29). The smallest absolute Gasteiger partial charge is 0.266 e. The first-order valence-corrected chi connectivity index (χ1v) is 9.26. The van der Waals surface area contributed by atoms with Crippen molar-refractivity contribution >= 4 is 34.7 Å². The normalized spacial score (nSPS) is 10.8. The van der Waals surface area contributed by atoms with Gasteiger partial charge in [-0.3, -0.25) is 14.2 Å². The van der Waals surface area contributed by atoms with Crippen LogP contribution in [0.15, 0.2) is 71.5 Å². The van der Waals surface area contributed by atoms with Gasteiger partial charge in [-0.25, -0.2) is 4.39 Å². The molecule has 3 aromatic carbocycles. The van der Waals surface area contributed by atoms with Crippen LogP contribution in [0.5, 0.6) is 0 Å². The van der Waals surface area contributed by atoms with E-state index in [2.05, 4.69) is 10.3 Å². The van der Waals surface area contributed by atoms with Crippen LogP contribution < -0.4 is 10.9 Å². The second kappa shape index (κ2) is 7.44. The summed E-state index contributed by atoms with van der Waals surface area (Å²) in [6, 6.07) is 17.7. The van der Waals surface area contributed by atoms with Crippen LogP contribution in [0.3, 0.4) is 0 Å². The predicted octanol–water partition coefficient (Wildman–Crippen LogP) is 4.75. The summed E-state index contributed by atoms with van der Waals surface area (Å²) in [5.74, 6) is -0.693. The molecule has 0 saturated heterocycles. The van der Waals surface area contributed by atoms with Gasteiger partial charge in [-0.1, -0.05) is 12.1 Å². The van der Waals surface area contributed by atoms with E-state index >= 15 is 0 Å². The zero-order valence-corrected chi connectivity index (χ0v) is 16.2. The zero-order valence-electron chi connectivity index (χ0n) is 15.4. The van der Waals surface area contributed by atoms with Gasteiger partial charge in [-0.2, -0.15) is 0 Å². The maximum atomic E-state index is 13.2. The minimum Gasteiger partial charge on any atom is -0.331 e. The first kappa shape index (κ1) is 18.8. The van der Waals surface area contributed by atoms with Crippen molar-refractivity contribution in [2.24, 2.45) is 0 Å². The van der Waals surface area contributed by atoms with Crippen molar-refractivity contribution in [1.82, 2.24) is 9.55 Å². The average Bonchev–Trinajstić information content (AvgIpc) is 2.69. The second-order valence-corrected chi connectivity index (χ2v) is 7.02. The van der Waals surface area contributed by atoms with E-state index in [1.807, 2.05) is 25.1 Å². The van der Waals surface area contributed by atoms with Crippen molar-refractivity contribution < 1.29 is 9.18 Å². The largest absolute Gasteiger partial charge is 0.331 e. The van der Waals surface area contributed by atoms with Crippen molar-refractivity contribution in [1.29, 1.82) is 0 Å². The Kier molecular flexibility index (Phi) is 4.82. The van der Waals surface area contributed by atoms with Gasteiger partial charge < -0.3 is 10.3 Å². The Labute approximate surface area is 170 Å². The molecule has 5 nitrogen and oxygen atoms in total. The van der Waals surface area contributed by atoms with E-state index in [-0.39, 0.29) is 16.2 Å². The number of aromatic nitrogens is 2. The third kappa shape index (κ3) is 3.72. The lowest BCUT2D eigenvalue weighted by Gasteiger charge is -2.10. The molecule has 0 spiro atoms. The number of hydrogen-bond acceptors (Lipinski definition) is 3. The maximum absolute atomic E-state index is 13.2. The lowest BCUT2D eigenvalue weighted by molar-refractivity contribution is 0.102. The molecule has 0 radical (unpaired) electrons. The van der Waals surface area contributed by atoms with E-state index in [0.29, 0.717) is 27.8 Å². The number of halogens is 1. The highest BCUT2D eigenvalue weighted by atomic mass is 32.1. The quantitative estimate of drug-likeness (QED) is 0.484. The molecule has 7 heteroatoms. The molecule has 0 fully saturated rings. The minimum atomic E-state index is -0.401. The van der Waals surface area contributed by atoms with Crippen molar-refractivity contribution in [3.8, 4) is 5.69 Å². The number of aromatic amines is 1. The molecule has 144 valence electrons. The number of carbonyl (C=O) groups excluding carboxylic acids is 1. The number of H-pyrrole nitrogens is 1. The maximum Gasteiger partial charge on any atom is 0.266 e. The first-order chi connectivity index (χ1) is 13.9. The third-order valence-corrected chi connectivity index (χ3v) is 4.81. The number of aryl methyl sites for hydroxylation is 1. The second-order valence-electron chi connectivity index (χ2n) is 6.63. The lowest BCUT2D eigenvalue weighted by Crippen LogP contribution is -2.21. The average molecular weight is 405 g/mol. The first-order valence-electron chi connectivity index (χ1n) is 8.85. The molecular formula is C22H16FN3O2S. The van der Waals surface area contributed by atoms with Gasteiger partial charge in [0, 0.05) is 11.3 Å². The van der Waals surface area contributed by atoms with Gasteiger partial charge in [-0.05, 0) is 79.3 Å². The highest BCUT2D eigenvalue weighted by Crippen LogP contribution is 2.16. The Morgan fingerprint density at radius 1 is 1.07 bits per heavy atom. The Bertz CT molecular complexity index is 1360. The number of amides is 1. The zero-order chi connectivity index (χ0) is 20.5. The SMILES string of the molecule is Cc1cccc(NC(=O)c2ccc3c(=O)n(-c4ccc(F)cc4)c(=S)[nH]c3c2)c1. The van der Waals surface area contributed by atoms with Crippen LogP contribution in [0.2, 0.25) is 0 Å². The molecule has 0 bridgehead atoms. The number of anilines is 1. The van der Waals surface area contributed by atoms with Gasteiger partial charge in [0.05, 0.1) is 16.6 Å². The van der Waals surface area contributed by atoms with E-state index in [0.717, 1.165) is 5.56 Å². The van der Waals surface area contributed by atoms with Crippen LogP contribution in [-0.4, -0.2) is 15.5 Å². The number of nitrogens with zero attached hydrogens (tertiary/aromatic N) is 1. The molecule has 0 atom stereocenters. The summed E-state index contributed by atoms with van der Waals surface area (Å²) in [4.78, 5) is 28.5. The number of rotatable bonds is 3. The summed E-state index contributed by atoms with van der Waals surface area (Å²) >= 11 is 5.32. The van der Waals surface area contributed by atoms with Gasteiger partial charge in [0.1, 0.15) is 5.82 Å². The van der Waals surface area contributed by atoms with Crippen molar-refractivity contribution in [3.05, 3.63) is 98.8 Å². The van der Waals surface area contributed by atoms with Gasteiger partial charge in [0.2, 0.25) is 0 Å². The lowest BCUT2D eigenvalue weighted by atomic mass is 10.1. The molecule has 0 aliphatic heterocycles. The molecule has 4 rings (SSSR count). The molecular weight excluding hydrogens is 389 g/mol. The molecule has 1 amide bonds. The van der Waals surface area contributed by atoms with Crippen molar-refractivity contribution in [2.75, 3.05) is 5.32 Å². The summed E-state index contributed by atoms with van der Waals surface area (Å²) in [5, 5.41) is 3.21. The Balaban J connectivity index is 1.74. The van der Waals surface area contributed by atoms with Gasteiger partial charge in [-0.15, -0.1) is 0 Å². The van der Waals surface area contributed by atoms with Gasteiger partial charge in [0.15, 0.2) is 4.77 Å². The molecule has 2 N–H and O–H groups in total. The third-order valence-electron chi connectivity index (χ3n) is 4.52. The van der Waals surface area contributed by atoms with E-state index < -0.39 is 5.82 Å². The fourth-order valence-electron chi connectivity index (χ4n) is 3.11. The van der Waals surface area contributed by atoms with Crippen LogP contribution in [0.4, 0.5) is 10.1 Å². The van der Waals surface area contributed by atoms with E-state index in [4.69, 9.17) is 12.2 Å². The predicted molar refractivity (Wildman–Crippen MR) is 114 cm³/mol. The highest BCUT2D eigenvalue weighted by Gasteiger charge is 2.12. The van der Waals surface area contributed by atoms with Crippen LogP contribution in [-0.2, 0) is 0 Å². The van der Waals surface area contributed by atoms with Gasteiger partial charge in [0.25, 0.3) is 11.5 Å². The molecule has 0 saturated carbocycles. The number of nitrogens with one attached hydrogen (secondary N) is 2. The molecule has 0 unspecified atom stereocenters. The van der Waals surface area contributed by atoms with Crippen LogP contribution in [0.25, 0.3) is 16.6 Å². The number of carbonyl (C=O) groups is 1. The molecule has 0 aliphatic rings. The summed E-state index contributed by atoms with van der Waals surface area (Å²) in [7, 11) is 0. The molecule has 4 aromatic rings. The van der Waals surface area contributed by atoms with Crippen molar-refractivity contribution in [3.63, 3.8) is 0 Å². The van der Waals surface area contributed by atoms with Crippen molar-refractivity contribution in [2.45, 2.75) is 6.92 Å². The highest BCUT2D eigenvalue weighted by molar-refractivity contribution is 7.71. The van der Waals surface area contributed by atoms with E-state index in [9.17, 15) is 14.0 Å². The van der Waals surface area contributed by atoms with Gasteiger partial charge >= 0.3 is 0 Å². The summed E-state index contributed by atoms with van der Waals surface area (Å²) in [5.41, 5.74) is 2.68. The van der Waals surface area contributed by atoms with E-state index in [1.54, 1.807) is 24.3 Å². The number of benzene rings is 3. The Hall–Kier alpha value is -3.58. The fourth-order valence-corrected chi connectivity index (χ4v) is 3.41. The van der Waals surface area contributed by atoms with Crippen LogP contribution in [0.1, 0.15) is 15.9 Å². The summed E-state index contributed by atoms with van der Waals surface area (Å²) < 4.78 is 14.6. The Morgan fingerprint density at radius 3 is 2.55 bits per heavy atom. The molecule has 0 aliphatic carbocycles. The topological polar surface area (TPSA) is 66.9 Å². The minimum absolute atomic E-state index is 0.158. The van der Waals surface area contributed by atoms with Crippen LogP contribution >= 0.6 is 12.2 Å².